The fourth-order valence-electron chi connectivity index (χ4n) is 3.06. The van der Waals surface area contributed by atoms with E-state index in [1.165, 1.54) is 11.1 Å². The van der Waals surface area contributed by atoms with Crippen LogP contribution in [0.2, 0.25) is 5.02 Å². The van der Waals surface area contributed by atoms with Crippen LogP contribution in [0.15, 0.2) is 48.5 Å². The maximum Gasteiger partial charge on any atom is 0.118 e. The van der Waals surface area contributed by atoms with E-state index in [0.717, 1.165) is 23.7 Å². The zero-order chi connectivity index (χ0) is 17.5. The van der Waals surface area contributed by atoms with Crippen molar-refractivity contribution in [1.82, 2.24) is 5.32 Å². The van der Waals surface area contributed by atoms with Crippen molar-refractivity contribution in [2.24, 2.45) is 5.92 Å². The van der Waals surface area contributed by atoms with Gasteiger partial charge in [0, 0.05) is 11.1 Å². The van der Waals surface area contributed by atoms with E-state index in [2.05, 4.69) is 62.5 Å². The van der Waals surface area contributed by atoms with E-state index >= 15 is 0 Å². The molecule has 0 aliphatic heterocycles. The lowest BCUT2D eigenvalue weighted by atomic mass is 9.85. The first-order chi connectivity index (χ1) is 11.5. The first-order valence-corrected chi connectivity index (χ1v) is 9.02. The van der Waals surface area contributed by atoms with Crippen molar-refractivity contribution in [3.8, 4) is 5.75 Å². The lowest BCUT2D eigenvalue weighted by Crippen LogP contribution is -2.22. The fraction of sp³-hybridized carbons (Fsp3) is 0.429. The molecule has 0 aromatic heterocycles. The molecular weight excluding hydrogens is 318 g/mol. The van der Waals surface area contributed by atoms with Gasteiger partial charge in [0.1, 0.15) is 5.75 Å². The summed E-state index contributed by atoms with van der Waals surface area (Å²) in [5, 5.41) is 4.41. The zero-order valence-corrected chi connectivity index (χ0v) is 15.8. The van der Waals surface area contributed by atoms with Crippen LogP contribution in [-0.4, -0.2) is 13.7 Å². The average Bonchev–Trinajstić information content (AvgIpc) is 2.59. The molecule has 0 radical (unpaired) electrons. The van der Waals surface area contributed by atoms with Gasteiger partial charge < -0.3 is 10.1 Å². The molecule has 0 saturated heterocycles. The molecular formula is C21H28ClNO. The van der Waals surface area contributed by atoms with Crippen LogP contribution in [0.3, 0.4) is 0 Å². The molecule has 2 nitrogen and oxygen atoms in total. The molecule has 0 aliphatic carbocycles. The van der Waals surface area contributed by atoms with Crippen LogP contribution >= 0.6 is 11.6 Å². The van der Waals surface area contributed by atoms with Gasteiger partial charge in [-0.2, -0.15) is 0 Å². The SMILES string of the molecule is COc1ccc([C@@H](CCN[C@@H](C)c2ccc(Cl)cc2)C(C)C)cc1. The first kappa shape index (κ1) is 18.8. The van der Waals surface area contributed by atoms with Crippen LogP contribution in [0.4, 0.5) is 0 Å². The van der Waals surface area contributed by atoms with Crippen molar-refractivity contribution >= 4 is 11.6 Å². The molecule has 130 valence electrons. The second-order valence-corrected chi connectivity index (χ2v) is 7.08. The van der Waals surface area contributed by atoms with E-state index in [1.807, 2.05) is 12.1 Å². The van der Waals surface area contributed by atoms with Crippen molar-refractivity contribution in [2.75, 3.05) is 13.7 Å². The largest absolute Gasteiger partial charge is 0.497 e. The quantitative estimate of drug-likeness (QED) is 0.650. The summed E-state index contributed by atoms with van der Waals surface area (Å²) in [5.74, 6) is 2.06. The number of benzene rings is 2. The predicted molar refractivity (Wildman–Crippen MR) is 103 cm³/mol. The van der Waals surface area contributed by atoms with Crippen LogP contribution in [0, 0.1) is 5.92 Å². The Bertz CT molecular complexity index is 607. The number of rotatable bonds is 8. The van der Waals surface area contributed by atoms with Gasteiger partial charge in [-0.3, -0.25) is 0 Å². The van der Waals surface area contributed by atoms with Crippen LogP contribution < -0.4 is 10.1 Å². The number of hydrogen-bond donors (Lipinski definition) is 1. The monoisotopic (exact) mass is 345 g/mol. The van der Waals surface area contributed by atoms with E-state index in [4.69, 9.17) is 16.3 Å². The van der Waals surface area contributed by atoms with Crippen molar-refractivity contribution in [3.63, 3.8) is 0 Å². The highest BCUT2D eigenvalue weighted by Crippen LogP contribution is 2.29. The third kappa shape index (κ3) is 5.25. The lowest BCUT2D eigenvalue weighted by Gasteiger charge is -2.23. The summed E-state index contributed by atoms with van der Waals surface area (Å²) in [7, 11) is 1.71. The third-order valence-electron chi connectivity index (χ3n) is 4.62. The summed E-state index contributed by atoms with van der Waals surface area (Å²) in [5.41, 5.74) is 2.65. The van der Waals surface area contributed by atoms with Gasteiger partial charge in [0.2, 0.25) is 0 Å². The molecule has 0 unspecified atom stereocenters. The molecule has 0 fully saturated rings. The van der Waals surface area contributed by atoms with Gasteiger partial charge in [-0.1, -0.05) is 49.7 Å². The van der Waals surface area contributed by atoms with Gasteiger partial charge in [-0.05, 0) is 67.1 Å². The fourth-order valence-corrected chi connectivity index (χ4v) is 3.19. The van der Waals surface area contributed by atoms with Crippen molar-refractivity contribution in [2.45, 2.75) is 39.2 Å². The smallest absolute Gasteiger partial charge is 0.118 e. The average molecular weight is 346 g/mol. The highest BCUT2D eigenvalue weighted by molar-refractivity contribution is 6.30. The molecule has 2 atom stereocenters. The Hall–Kier alpha value is -1.51. The molecule has 0 heterocycles. The number of halogens is 1. The summed E-state index contributed by atoms with van der Waals surface area (Å²) >= 11 is 5.96. The third-order valence-corrected chi connectivity index (χ3v) is 4.88. The minimum atomic E-state index is 0.325. The molecule has 24 heavy (non-hydrogen) atoms. The predicted octanol–water partition coefficient (Wildman–Crippen LogP) is 5.83. The highest BCUT2D eigenvalue weighted by atomic mass is 35.5. The molecule has 0 amide bonds. The van der Waals surface area contributed by atoms with Crippen LogP contribution in [0.25, 0.3) is 0 Å². The van der Waals surface area contributed by atoms with E-state index in [0.29, 0.717) is 17.9 Å². The molecule has 2 aromatic rings. The topological polar surface area (TPSA) is 21.3 Å². The van der Waals surface area contributed by atoms with Crippen molar-refractivity contribution in [1.29, 1.82) is 0 Å². The first-order valence-electron chi connectivity index (χ1n) is 8.64. The van der Waals surface area contributed by atoms with Gasteiger partial charge in [0.15, 0.2) is 0 Å². The Labute approximate surface area is 151 Å². The molecule has 1 N–H and O–H groups in total. The normalized spacial score (nSPS) is 13.8. The molecule has 0 bridgehead atoms. The van der Waals surface area contributed by atoms with Gasteiger partial charge in [0.25, 0.3) is 0 Å². The van der Waals surface area contributed by atoms with E-state index in [9.17, 15) is 0 Å². The second-order valence-electron chi connectivity index (χ2n) is 6.64. The molecule has 2 aromatic carbocycles. The summed E-state index contributed by atoms with van der Waals surface area (Å²) in [6.07, 6.45) is 1.11. The number of methoxy groups -OCH3 is 1. The second kappa shape index (κ2) is 9.10. The summed E-state index contributed by atoms with van der Waals surface area (Å²) in [4.78, 5) is 0. The number of ether oxygens (including phenoxy) is 1. The number of hydrogen-bond acceptors (Lipinski definition) is 2. The van der Waals surface area contributed by atoms with E-state index in [-0.39, 0.29) is 0 Å². The van der Waals surface area contributed by atoms with Crippen molar-refractivity contribution in [3.05, 3.63) is 64.7 Å². The summed E-state index contributed by atoms with van der Waals surface area (Å²) in [6, 6.07) is 16.9. The minimum Gasteiger partial charge on any atom is -0.497 e. The maximum absolute atomic E-state index is 5.96. The molecule has 0 aliphatic rings. The molecule has 0 saturated carbocycles. The van der Waals surface area contributed by atoms with Crippen LogP contribution in [-0.2, 0) is 0 Å². The van der Waals surface area contributed by atoms with E-state index < -0.39 is 0 Å². The summed E-state index contributed by atoms with van der Waals surface area (Å²) < 4.78 is 5.26. The molecule has 2 rings (SSSR count). The van der Waals surface area contributed by atoms with Gasteiger partial charge in [-0.25, -0.2) is 0 Å². The lowest BCUT2D eigenvalue weighted by molar-refractivity contribution is 0.412. The highest BCUT2D eigenvalue weighted by Gasteiger charge is 2.16. The van der Waals surface area contributed by atoms with Gasteiger partial charge >= 0.3 is 0 Å². The Morgan fingerprint density at radius 3 is 2.04 bits per heavy atom. The maximum atomic E-state index is 5.96. The molecule has 3 heteroatoms. The Kier molecular flexibility index (Phi) is 7.14. The minimum absolute atomic E-state index is 0.325. The van der Waals surface area contributed by atoms with E-state index in [1.54, 1.807) is 7.11 Å². The van der Waals surface area contributed by atoms with Crippen LogP contribution in [0.1, 0.15) is 50.3 Å². The standard InChI is InChI=1S/C21H28ClNO/c1-15(2)21(18-7-11-20(24-4)12-8-18)13-14-23-16(3)17-5-9-19(22)10-6-17/h5-12,15-16,21,23H,13-14H2,1-4H3/t16-,21-/m0/s1. The summed E-state index contributed by atoms with van der Waals surface area (Å²) in [6.45, 7) is 7.76. The Morgan fingerprint density at radius 2 is 1.50 bits per heavy atom. The Morgan fingerprint density at radius 1 is 0.917 bits per heavy atom. The Balaban J connectivity index is 1.92. The van der Waals surface area contributed by atoms with Crippen LogP contribution in [0.5, 0.6) is 5.75 Å². The zero-order valence-electron chi connectivity index (χ0n) is 15.1. The number of nitrogens with one attached hydrogen (secondary N) is 1. The van der Waals surface area contributed by atoms with Gasteiger partial charge in [-0.15, -0.1) is 0 Å². The molecule has 0 spiro atoms. The van der Waals surface area contributed by atoms with Gasteiger partial charge in [0.05, 0.1) is 7.11 Å². The van der Waals surface area contributed by atoms with Crippen molar-refractivity contribution < 1.29 is 4.74 Å².